The summed E-state index contributed by atoms with van der Waals surface area (Å²) in [5.41, 5.74) is 2.71. The molecule has 1 saturated heterocycles. The van der Waals surface area contributed by atoms with Gasteiger partial charge in [0, 0.05) is 37.9 Å². The van der Waals surface area contributed by atoms with Gasteiger partial charge in [-0.2, -0.15) is 0 Å². The van der Waals surface area contributed by atoms with Gasteiger partial charge in [0.05, 0.1) is 12.8 Å². The molecule has 0 atom stereocenters. The van der Waals surface area contributed by atoms with E-state index in [2.05, 4.69) is 10.6 Å². The van der Waals surface area contributed by atoms with E-state index in [9.17, 15) is 14.4 Å². The summed E-state index contributed by atoms with van der Waals surface area (Å²) in [6.45, 7) is 6.29. The van der Waals surface area contributed by atoms with Crippen molar-refractivity contribution in [3.8, 4) is 0 Å². The van der Waals surface area contributed by atoms with Gasteiger partial charge in [0.1, 0.15) is 0 Å². The predicted molar refractivity (Wildman–Crippen MR) is 98.9 cm³/mol. The van der Waals surface area contributed by atoms with Gasteiger partial charge in [-0.1, -0.05) is 12.1 Å². The third kappa shape index (κ3) is 4.33. The second kappa shape index (κ2) is 7.76. The molecule has 0 bridgehead atoms. The molecule has 0 spiro atoms. The monoisotopic (exact) mass is 358 g/mol. The number of amides is 4. The fourth-order valence-corrected chi connectivity index (χ4v) is 3.39. The van der Waals surface area contributed by atoms with Crippen molar-refractivity contribution in [3.05, 3.63) is 29.3 Å². The maximum absolute atomic E-state index is 12.7. The summed E-state index contributed by atoms with van der Waals surface area (Å²) in [4.78, 5) is 39.9. The quantitative estimate of drug-likeness (QED) is 0.856. The fourth-order valence-electron chi connectivity index (χ4n) is 3.39. The molecule has 26 heavy (non-hydrogen) atoms. The lowest BCUT2D eigenvalue weighted by Gasteiger charge is -2.23. The van der Waals surface area contributed by atoms with Crippen molar-refractivity contribution in [2.75, 3.05) is 31.5 Å². The van der Waals surface area contributed by atoms with E-state index in [0.717, 1.165) is 23.2 Å². The van der Waals surface area contributed by atoms with Gasteiger partial charge in [-0.3, -0.25) is 9.59 Å². The Kier molecular flexibility index (Phi) is 5.44. The first-order valence-electron chi connectivity index (χ1n) is 9.17. The van der Waals surface area contributed by atoms with Crippen LogP contribution in [0.4, 0.5) is 10.5 Å². The van der Waals surface area contributed by atoms with E-state index >= 15 is 0 Å². The molecule has 0 saturated carbocycles. The molecular formula is C19H26N4O3. The number of rotatable bonds is 3. The normalized spacial score (nSPS) is 17.0. The Labute approximate surface area is 153 Å². The Bertz CT molecular complexity index is 717. The second-order valence-corrected chi connectivity index (χ2v) is 7.22. The van der Waals surface area contributed by atoms with Crippen LogP contribution in [0.15, 0.2) is 18.2 Å². The van der Waals surface area contributed by atoms with Crippen LogP contribution in [0.3, 0.4) is 0 Å². The van der Waals surface area contributed by atoms with E-state index < -0.39 is 0 Å². The summed E-state index contributed by atoms with van der Waals surface area (Å²) < 4.78 is 0. The molecule has 4 amide bonds. The van der Waals surface area contributed by atoms with Gasteiger partial charge in [0.25, 0.3) is 0 Å². The van der Waals surface area contributed by atoms with Gasteiger partial charge in [-0.05, 0) is 37.5 Å². The fraction of sp³-hybridized carbons (Fsp3) is 0.526. The second-order valence-electron chi connectivity index (χ2n) is 7.22. The Morgan fingerprint density at radius 2 is 1.88 bits per heavy atom. The van der Waals surface area contributed by atoms with Crippen molar-refractivity contribution in [1.29, 1.82) is 0 Å². The zero-order valence-electron chi connectivity index (χ0n) is 15.4. The molecule has 0 aromatic heterocycles. The Hall–Kier alpha value is -2.57. The lowest BCUT2D eigenvalue weighted by atomic mass is 10.1. The SMILES string of the molecule is CC(C)NC(=O)N1CCCN(C(=O)Cc2ccc3c(c2)CC(=O)N3)CC1. The van der Waals surface area contributed by atoms with Crippen LogP contribution in [-0.2, 0) is 22.4 Å². The smallest absolute Gasteiger partial charge is 0.317 e. The molecule has 0 aliphatic carbocycles. The third-order valence-electron chi connectivity index (χ3n) is 4.70. The Balaban J connectivity index is 1.56. The molecule has 2 aliphatic rings. The zero-order valence-corrected chi connectivity index (χ0v) is 15.4. The van der Waals surface area contributed by atoms with Crippen molar-refractivity contribution in [2.24, 2.45) is 0 Å². The van der Waals surface area contributed by atoms with E-state index in [4.69, 9.17) is 0 Å². The van der Waals surface area contributed by atoms with Crippen molar-refractivity contribution in [3.63, 3.8) is 0 Å². The number of nitrogens with zero attached hydrogens (tertiary/aromatic N) is 2. The maximum atomic E-state index is 12.7. The molecule has 1 aromatic rings. The van der Waals surface area contributed by atoms with Crippen LogP contribution in [0.5, 0.6) is 0 Å². The zero-order chi connectivity index (χ0) is 18.7. The molecule has 2 heterocycles. The van der Waals surface area contributed by atoms with Crippen molar-refractivity contribution < 1.29 is 14.4 Å². The van der Waals surface area contributed by atoms with Gasteiger partial charge in [0.2, 0.25) is 11.8 Å². The molecule has 0 unspecified atom stereocenters. The summed E-state index contributed by atoms with van der Waals surface area (Å²) in [6, 6.07) is 5.73. The number of hydrogen-bond donors (Lipinski definition) is 2. The van der Waals surface area contributed by atoms with E-state index in [0.29, 0.717) is 39.0 Å². The summed E-state index contributed by atoms with van der Waals surface area (Å²) in [7, 11) is 0. The highest BCUT2D eigenvalue weighted by molar-refractivity contribution is 5.99. The number of urea groups is 1. The molecule has 0 radical (unpaired) electrons. The topological polar surface area (TPSA) is 81.8 Å². The van der Waals surface area contributed by atoms with Gasteiger partial charge < -0.3 is 20.4 Å². The van der Waals surface area contributed by atoms with Crippen LogP contribution in [-0.4, -0.2) is 59.9 Å². The molecule has 1 aromatic carbocycles. The summed E-state index contributed by atoms with van der Waals surface area (Å²) >= 11 is 0. The first-order valence-corrected chi connectivity index (χ1v) is 9.17. The summed E-state index contributed by atoms with van der Waals surface area (Å²) in [5, 5.41) is 5.70. The Morgan fingerprint density at radius 1 is 1.15 bits per heavy atom. The van der Waals surface area contributed by atoms with Gasteiger partial charge in [-0.25, -0.2) is 4.79 Å². The van der Waals surface area contributed by atoms with Gasteiger partial charge in [0.15, 0.2) is 0 Å². The van der Waals surface area contributed by atoms with Gasteiger partial charge in [-0.15, -0.1) is 0 Å². The molecule has 1 fully saturated rings. The van der Waals surface area contributed by atoms with Crippen LogP contribution < -0.4 is 10.6 Å². The molecule has 2 N–H and O–H groups in total. The van der Waals surface area contributed by atoms with E-state index in [1.165, 1.54) is 0 Å². The molecular weight excluding hydrogens is 332 g/mol. The van der Waals surface area contributed by atoms with Crippen LogP contribution >= 0.6 is 0 Å². The first-order chi connectivity index (χ1) is 12.4. The van der Waals surface area contributed by atoms with Crippen LogP contribution in [0.25, 0.3) is 0 Å². The molecule has 2 aliphatic heterocycles. The number of nitrogens with one attached hydrogen (secondary N) is 2. The first kappa shape index (κ1) is 18.2. The molecule has 140 valence electrons. The molecule has 7 heteroatoms. The van der Waals surface area contributed by atoms with Crippen LogP contribution in [0, 0.1) is 0 Å². The highest BCUT2D eigenvalue weighted by atomic mass is 16.2. The minimum absolute atomic E-state index is 0.00393. The lowest BCUT2D eigenvalue weighted by Crippen LogP contribution is -2.45. The minimum atomic E-state index is -0.0647. The average Bonchev–Trinajstić information content (AvgIpc) is 2.79. The summed E-state index contributed by atoms with van der Waals surface area (Å²) in [6.07, 6.45) is 1.47. The van der Waals surface area contributed by atoms with Crippen LogP contribution in [0.1, 0.15) is 31.4 Å². The number of anilines is 1. The van der Waals surface area contributed by atoms with Crippen molar-refractivity contribution >= 4 is 23.5 Å². The van der Waals surface area contributed by atoms with Crippen molar-refractivity contribution in [1.82, 2.24) is 15.1 Å². The number of carbonyl (C=O) groups excluding carboxylic acids is 3. The largest absolute Gasteiger partial charge is 0.341 e. The van der Waals surface area contributed by atoms with Crippen LogP contribution in [0.2, 0.25) is 0 Å². The predicted octanol–water partition coefficient (Wildman–Crippen LogP) is 1.38. The number of fused-ring (bicyclic) bond motifs is 1. The lowest BCUT2D eigenvalue weighted by molar-refractivity contribution is -0.130. The number of benzene rings is 1. The third-order valence-corrected chi connectivity index (χ3v) is 4.70. The van der Waals surface area contributed by atoms with E-state index in [-0.39, 0.29) is 23.9 Å². The number of carbonyl (C=O) groups is 3. The highest BCUT2D eigenvalue weighted by Crippen LogP contribution is 2.24. The summed E-state index contributed by atoms with van der Waals surface area (Å²) in [5.74, 6) is 0.0594. The standard InChI is InChI=1S/C19H26N4O3/c1-13(2)20-19(26)23-7-3-6-22(8-9-23)18(25)11-14-4-5-16-15(10-14)12-17(24)21-16/h4-5,10,13H,3,6-9,11-12H2,1-2H3,(H,20,26)(H,21,24). The minimum Gasteiger partial charge on any atom is -0.341 e. The van der Waals surface area contributed by atoms with Gasteiger partial charge >= 0.3 is 6.03 Å². The van der Waals surface area contributed by atoms with Crippen molar-refractivity contribution in [2.45, 2.75) is 39.2 Å². The van der Waals surface area contributed by atoms with E-state index in [1.54, 1.807) is 4.90 Å². The molecule has 7 nitrogen and oxygen atoms in total. The molecule has 3 rings (SSSR count). The van der Waals surface area contributed by atoms with E-state index in [1.807, 2.05) is 36.9 Å². The average molecular weight is 358 g/mol. The maximum Gasteiger partial charge on any atom is 0.317 e. The Morgan fingerprint density at radius 3 is 2.65 bits per heavy atom. The highest BCUT2D eigenvalue weighted by Gasteiger charge is 2.23. The number of hydrogen-bond acceptors (Lipinski definition) is 3.